The second kappa shape index (κ2) is 7.43. The third kappa shape index (κ3) is 3.74. The molecule has 2 aromatic heterocycles. The molecule has 0 radical (unpaired) electrons. The van der Waals surface area contributed by atoms with Crippen molar-refractivity contribution >= 4 is 39.7 Å². The Hall–Kier alpha value is -0.590. The molecule has 110 valence electrons. The fourth-order valence-corrected chi connectivity index (χ4v) is 4.05. The third-order valence-corrected chi connectivity index (χ3v) is 5.60. The molecule has 2 heterocycles. The zero-order chi connectivity index (χ0) is 14.5. The quantitative estimate of drug-likeness (QED) is 0.434. The van der Waals surface area contributed by atoms with Crippen molar-refractivity contribution in [3.63, 3.8) is 0 Å². The first-order chi connectivity index (χ1) is 9.63. The van der Waals surface area contributed by atoms with Gasteiger partial charge in [0.1, 0.15) is 5.15 Å². The maximum atomic E-state index is 11.6. The van der Waals surface area contributed by atoms with Crippen LogP contribution in [0.25, 0.3) is 4.96 Å². The Labute approximate surface area is 131 Å². The summed E-state index contributed by atoms with van der Waals surface area (Å²) in [5, 5.41) is 4.78. The molecule has 4 nitrogen and oxygen atoms in total. The maximum Gasteiger partial charge on any atom is 0.278 e. The van der Waals surface area contributed by atoms with Gasteiger partial charge in [0, 0.05) is 5.75 Å². The summed E-state index contributed by atoms with van der Waals surface area (Å²) in [5.74, 6) is 1.05. The molecule has 0 N–H and O–H groups in total. The Morgan fingerprint density at radius 1 is 1.30 bits per heavy atom. The van der Waals surface area contributed by atoms with Crippen LogP contribution in [0.15, 0.2) is 9.13 Å². The van der Waals surface area contributed by atoms with Crippen LogP contribution < -0.4 is 5.56 Å². The van der Waals surface area contributed by atoms with E-state index in [9.17, 15) is 4.79 Å². The number of hydrogen-bond acceptors (Lipinski definition) is 5. The molecule has 0 atom stereocenters. The van der Waals surface area contributed by atoms with E-state index < -0.39 is 0 Å². The van der Waals surface area contributed by atoms with E-state index in [1.165, 1.54) is 43.4 Å². The topological polar surface area (TPSA) is 47.3 Å². The Bertz CT molecular complexity index is 638. The summed E-state index contributed by atoms with van der Waals surface area (Å²) in [5.41, 5.74) is 0.181. The van der Waals surface area contributed by atoms with E-state index in [4.69, 9.17) is 11.6 Å². The molecule has 0 bridgehead atoms. The fourth-order valence-electron chi connectivity index (χ4n) is 1.81. The summed E-state index contributed by atoms with van der Waals surface area (Å²) >= 11 is 9.25. The summed E-state index contributed by atoms with van der Waals surface area (Å²) in [6.45, 7) is 3.89. The van der Waals surface area contributed by atoms with Crippen LogP contribution in [0.3, 0.4) is 0 Å². The third-order valence-electron chi connectivity index (χ3n) is 3.03. The number of hydrogen-bond donors (Lipinski definition) is 0. The molecular formula is C13H18ClN3OS2. The van der Waals surface area contributed by atoms with E-state index in [1.54, 1.807) is 23.2 Å². The normalized spacial score (nSPS) is 11.3. The molecule has 0 saturated carbocycles. The fraction of sp³-hybridized carbons (Fsp3) is 0.615. The minimum absolute atomic E-state index is 0.269. The first-order valence-electron chi connectivity index (χ1n) is 6.82. The molecule has 0 amide bonds. The molecule has 0 fully saturated rings. The Kier molecular flexibility index (Phi) is 5.86. The van der Waals surface area contributed by atoms with Crippen LogP contribution in [0.5, 0.6) is 0 Å². The highest BCUT2D eigenvalue weighted by atomic mass is 35.5. The molecule has 2 aromatic rings. The Morgan fingerprint density at radius 3 is 2.80 bits per heavy atom. The average molecular weight is 332 g/mol. The lowest BCUT2D eigenvalue weighted by Crippen LogP contribution is -2.12. The minimum Gasteiger partial charge on any atom is -0.267 e. The summed E-state index contributed by atoms with van der Waals surface area (Å²) in [6.07, 6.45) is 6.34. The number of rotatable bonds is 7. The molecule has 0 aliphatic carbocycles. The van der Waals surface area contributed by atoms with E-state index >= 15 is 0 Å². The van der Waals surface area contributed by atoms with Gasteiger partial charge in [-0.25, -0.2) is 0 Å². The predicted molar refractivity (Wildman–Crippen MR) is 86.4 cm³/mol. The van der Waals surface area contributed by atoms with Crippen LogP contribution in [0.4, 0.5) is 0 Å². The molecule has 0 spiro atoms. The van der Waals surface area contributed by atoms with Crippen molar-refractivity contribution in [2.45, 2.75) is 50.3 Å². The van der Waals surface area contributed by atoms with Gasteiger partial charge in [0.15, 0.2) is 4.34 Å². The predicted octanol–water partition coefficient (Wildman–Crippen LogP) is 4.18. The van der Waals surface area contributed by atoms with E-state index in [0.29, 0.717) is 15.7 Å². The van der Waals surface area contributed by atoms with Gasteiger partial charge < -0.3 is 0 Å². The number of thioether (sulfide) groups is 1. The van der Waals surface area contributed by atoms with Crippen LogP contribution in [-0.2, 0) is 0 Å². The van der Waals surface area contributed by atoms with E-state index in [0.717, 1.165) is 10.1 Å². The lowest BCUT2D eigenvalue weighted by atomic mass is 10.2. The van der Waals surface area contributed by atoms with Crippen LogP contribution in [0, 0.1) is 6.92 Å². The highest BCUT2D eigenvalue weighted by molar-refractivity contribution is 8.01. The largest absolute Gasteiger partial charge is 0.278 e. The molecule has 0 aliphatic heterocycles. The monoisotopic (exact) mass is 331 g/mol. The van der Waals surface area contributed by atoms with Crippen molar-refractivity contribution in [1.29, 1.82) is 0 Å². The van der Waals surface area contributed by atoms with Crippen molar-refractivity contribution in [3.05, 3.63) is 21.1 Å². The standard InChI is InChI=1S/C13H18ClN3OS2/c1-3-4-5-6-7-8-19-13-16-17-10(14)9(2)11(18)15-12(17)20-13/h3-8H2,1-2H3. The summed E-state index contributed by atoms with van der Waals surface area (Å²) in [7, 11) is 0. The number of unbranched alkanes of at least 4 members (excludes halogenated alkanes) is 4. The SMILES string of the molecule is CCCCCCCSc1nn2c(Cl)c(C)c(=O)nc2s1. The molecule has 0 unspecified atom stereocenters. The van der Waals surface area contributed by atoms with Crippen LogP contribution in [0.2, 0.25) is 5.15 Å². The van der Waals surface area contributed by atoms with Crippen LogP contribution in [0.1, 0.15) is 44.6 Å². The van der Waals surface area contributed by atoms with E-state index in [2.05, 4.69) is 17.0 Å². The van der Waals surface area contributed by atoms with Gasteiger partial charge in [0.2, 0.25) is 4.96 Å². The van der Waals surface area contributed by atoms with Crippen molar-refractivity contribution in [2.24, 2.45) is 0 Å². The number of fused-ring (bicyclic) bond motifs is 1. The number of aromatic nitrogens is 3. The molecule has 20 heavy (non-hydrogen) atoms. The van der Waals surface area contributed by atoms with Gasteiger partial charge in [-0.1, -0.05) is 67.3 Å². The van der Waals surface area contributed by atoms with Crippen molar-refractivity contribution < 1.29 is 0 Å². The minimum atomic E-state index is -0.269. The molecule has 2 rings (SSSR count). The van der Waals surface area contributed by atoms with Gasteiger partial charge in [0.25, 0.3) is 5.56 Å². The van der Waals surface area contributed by atoms with Gasteiger partial charge in [-0.15, -0.1) is 5.10 Å². The zero-order valence-electron chi connectivity index (χ0n) is 11.7. The first-order valence-corrected chi connectivity index (χ1v) is 9.00. The van der Waals surface area contributed by atoms with Gasteiger partial charge in [-0.3, -0.25) is 4.79 Å². The van der Waals surface area contributed by atoms with Crippen molar-refractivity contribution in [1.82, 2.24) is 14.6 Å². The highest BCUT2D eigenvalue weighted by Crippen LogP contribution is 2.26. The summed E-state index contributed by atoms with van der Waals surface area (Å²) in [6, 6.07) is 0. The maximum absolute atomic E-state index is 11.6. The molecule has 0 saturated heterocycles. The summed E-state index contributed by atoms with van der Waals surface area (Å²) < 4.78 is 2.47. The van der Waals surface area contributed by atoms with E-state index in [-0.39, 0.29) is 5.56 Å². The Balaban J connectivity index is 1.98. The van der Waals surface area contributed by atoms with Crippen molar-refractivity contribution in [3.8, 4) is 0 Å². The van der Waals surface area contributed by atoms with Crippen LogP contribution >= 0.6 is 34.7 Å². The average Bonchev–Trinajstić information content (AvgIpc) is 2.83. The lowest BCUT2D eigenvalue weighted by Gasteiger charge is -1.98. The lowest BCUT2D eigenvalue weighted by molar-refractivity contribution is 0.659. The zero-order valence-corrected chi connectivity index (χ0v) is 14.1. The molecule has 7 heteroatoms. The Morgan fingerprint density at radius 2 is 2.05 bits per heavy atom. The van der Waals surface area contributed by atoms with Crippen LogP contribution in [-0.4, -0.2) is 20.4 Å². The second-order valence-electron chi connectivity index (χ2n) is 4.66. The van der Waals surface area contributed by atoms with Gasteiger partial charge >= 0.3 is 0 Å². The number of halogens is 1. The van der Waals surface area contributed by atoms with Crippen molar-refractivity contribution in [2.75, 3.05) is 5.75 Å². The van der Waals surface area contributed by atoms with E-state index in [1.807, 2.05) is 0 Å². The molecular weight excluding hydrogens is 314 g/mol. The molecule has 0 aromatic carbocycles. The van der Waals surface area contributed by atoms with Gasteiger partial charge in [-0.05, 0) is 13.3 Å². The smallest absolute Gasteiger partial charge is 0.267 e. The second-order valence-corrected chi connectivity index (χ2v) is 7.31. The molecule has 0 aliphatic rings. The van der Waals surface area contributed by atoms with Gasteiger partial charge in [0.05, 0.1) is 5.56 Å². The first kappa shape index (κ1) is 15.8. The highest BCUT2D eigenvalue weighted by Gasteiger charge is 2.12. The van der Waals surface area contributed by atoms with Gasteiger partial charge in [-0.2, -0.15) is 9.50 Å². The number of nitrogens with zero attached hydrogens (tertiary/aromatic N) is 3. The summed E-state index contributed by atoms with van der Waals surface area (Å²) in [4.78, 5) is 16.1.